The lowest BCUT2D eigenvalue weighted by Gasteiger charge is -2.32. The van der Waals surface area contributed by atoms with E-state index in [1.165, 1.54) is 11.1 Å². The molecule has 1 heterocycles. The van der Waals surface area contributed by atoms with E-state index < -0.39 is 0 Å². The summed E-state index contributed by atoms with van der Waals surface area (Å²) in [5.74, 6) is 0.0779. The number of amides is 1. The highest BCUT2D eigenvalue weighted by atomic mass is 16.1. The van der Waals surface area contributed by atoms with E-state index in [1.54, 1.807) is 6.92 Å². The highest BCUT2D eigenvalue weighted by molar-refractivity contribution is 5.73. The number of nitrogens with one attached hydrogen (secondary N) is 1. The SMILES string of the molecule is CC(=O)NC1CCN(Cc2cccc(CN)c2)CC1. The van der Waals surface area contributed by atoms with Crippen molar-refractivity contribution in [3.8, 4) is 0 Å². The maximum absolute atomic E-state index is 11.0. The minimum absolute atomic E-state index is 0.0779. The number of piperidine rings is 1. The molecule has 0 bridgehead atoms. The smallest absolute Gasteiger partial charge is 0.217 e. The average Bonchev–Trinajstić information content (AvgIpc) is 2.41. The van der Waals surface area contributed by atoms with E-state index in [4.69, 9.17) is 5.73 Å². The highest BCUT2D eigenvalue weighted by Gasteiger charge is 2.19. The molecule has 0 saturated carbocycles. The van der Waals surface area contributed by atoms with E-state index in [0.717, 1.165) is 32.5 Å². The molecule has 0 radical (unpaired) electrons. The first kappa shape index (κ1) is 14.0. The summed E-state index contributed by atoms with van der Waals surface area (Å²) in [5.41, 5.74) is 8.17. The van der Waals surface area contributed by atoms with Crippen LogP contribution in [0.2, 0.25) is 0 Å². The first-order chi connectivity index (χ1) is 9.17. The molecule has 19 heavy (non-hydrogen) atoms. The van der Waals surface area contributed by atoms with E-state index in [2.05, 4.69) is 34.5 Å². The average molecular weight is 261 g/mol. The molecule has 1 aliphatic heterocycles. The van der Waals surface area contributed by atoms with Gasteiger partial charge in [0.25, 0.3) is 0 Å². The van der Waals surface area contributed by atoms with Gasteiger partial charge in [-0.2, -0.15) is 0 Å². The molecule has 4 heteroatoms. The van der Waals surface area contributed by atoms with Crippen LogP contribution in [0, 0.1) is 0 Å². The van der Waals surface area contributed by atoms with Crippen molar-refractivity contribution in [3.05, 3.63) is 35.4 Å². The molecule has 2 rings (SSSR count). The van der Waals surface area contributed by atoms with Crippen molar-refractivity contribution in [2.45, 2.75) is 38.9 Å². The quantitative estimate of drug-likeness (QED) is 0.857. The van der Waals surface area contributed by atoms with Gasteiger partial charge < -0.3 is 11.1 Å². The van der Waals surface area contributed by atoms with Gasteiger partial charge in [0.05, 0.1) is 0 Å². The van der Waals surface area contributed by atoms with Crippen molar-refractivity contribution < 1.29 is 4.79 Å². The Kier molecular flexibility index (Phi) is 4.93. The van der Waals surface area contributed by atoms with Crippen LogP contribution in [0.15, 0.2) is 24.3 Å². The Morgan fingerprint density at radius 1 is 1.37 bits per heavy atom. The van der Waals surface area contributed by atoms with Crippen molar-refractivity contribution in [2.24, 2.45) is 5.73 Å². The van der Waals surface area contributed by atoms with Crippen molar-refractivity contribution in [1.82, 2.24) is 10.2 Å². The van der Waals surface area contributed by atoms with Crippen LogP contribution in [0.5, 0.6) is 0 Å². The lowest BCUT2D eigenvalue weighted by atomic mass is 10.0. The molecule has 0 spiro atoms. The zero-order valence-electron chi connectivity index (χ0n) is 11.6. The number of rotatable bonds is 4. The van der Waals surface area contributed by atoms with E-state index in [1.807, 2.05) is 0 Å². The van der Waals surface area contributed by atoms with Crippen LogP contribution in [0.25, 0.3) is 0 Å². The van der Waals surface area contributed by atoms with Gasteiger partial charge in [0.2, 0.25) is 5.91 Å². The molecular weight excluding hydrogens is 238 g/mol. The monoisotopic (exact) mass is 261 g/mol. The number of benzene rings is 1. The van der Waals surface area contributed by atoms with Crippen molar-refractivity contribution in [2.75, 3.05) is 13.1 Å². The fraction of sp³-hybridized carbons (Fsp3) is 0.533. The molecule has 1 fully saturated rings. The zero-order valence-corrected chi connectivity index (χ0v) is 11.6. The Morgan fingerprint density at radius 2 is 2.05 bits per heavy atom. The number of hydrogen-bond donors (Lipinski definition) is 2. The minimum Gasteiger partial charge on any atom is -0.354 e. The largest absolute Gasteiger partial charge is 0.354 e. The Labute approximate surface area is 115 Å². The van der Waals surface area contributed by atoms with Gasteiger partial charge in [0.15, 0.2) is 0 Å². The van der Waals surface area contributed by atoms with Crippen LogP contribution < -0.4 is 11.1 Å². The molecule has 4 nitrogen and oxygen atoms in total. The Morgan fingerprint density at radius 3 is 2.68 bits per heavy atom. The number of nitrogens with zero attached hydrogens (tertiary/aromatic N) is 1. The molecule has 0 atom stereocenters. The maximum Gasteiger partial charge on any atom is 0.217 e. The predicted molar refractivity (Wildman–Crippen MR) is 76.4 cm³/mol. The lowest BCUT2D eigenvalue weighted by molar-refractivity contribution is -0.119. The Bertz CT molecular complexity index is 425. The maximum atomic E-state index is 11.0. The van der Waals surface area contributed by atoms with E-state index in [9.17, 15) is 4.79 Å². The summed E-state index contributed by atoms with van der Waals surface area (Å²) in [5, 5.41) is 3.00. The first-order valence-electron chi connectivity index (χ1n) is 6.94. The van der Waals surface area contributed by atoms with Gasteiger partial charge in [0, 0.05) is 39.1 Å². The predicted octanol–water partition coefficient (Wildman–Crippen LogP) is 1.25. The summed E-state index contributed by atoms with van der Waals surface area (Å²) in [4.78, 5) is 13.5. The molecule has 0 unspecified atom stereocenters. The molecule has 1 amide bonds. The van der Waals surface area contributed by atoms with Gasteiger partial charge in [-0.25, -0.2) is 0 Å². The number of nitrogens with two attached hydrogens (primary N) is 1. The summed E-state index contributed by atoms with van der Waals surface area (Å²) in [7, 11) is 0. The molecule has 1 saturated heterocycles. The third-order valence-electron chi connectivity index (χ3n) is 3.63. The fourth-order valence-corrected chi connectivity index (χ4v) is 2.64. The van der Waals surface area contributed by atoms with Crippen LogP contribution in [-0.4, -0.2) is 29.9 Å². The van der Waals surface area contributed by atoms with Gasteiger partial charge in [-0.1, -0.05) is 24.3 Å². The third-order valence-corrected chi connectivity index (χ3v) is 3.63. The van der Waals surface area contributed by atoms with Crippen molar-refractivity contribution in [3.63, 3.8) is 0 Å². The lowest BCUT2D eigenvalue weighted by Crippen LogP contribution is -2.43. The van der Waals surface area contributed by atoms with Crippen LogP contribution in [0.1, 0.15) is 30.9 Å². The summed E-state index contributed by atoms with van der Waals surface area (Å²) >= 11 is 0. The standard InChI is InChI=1S/C15H23N3O/c1-12(19)17-15-5-7-18(8-6-15)11-14-4-2-3-13(9-14)10-16/h2-4,9,15H,5-8,10-11,16H2,1H3,(H,17,19). The normalized spacial score (nSPS) is 17.4. The van der Waals surface area contributed by atoms with Crippen LogP contribution in [-0.2, 0) is 17.9 Å². The Balaban J connectivity index is 1.83. The van der Waals surface area contributed by atoms with Gasteiger partial charge in [0.1, 0.15) is 0 Å². The van der Waals surface area contributed by atoms with Crippen LogP contribution in [0.3, 0.4) is 0 Å². The molecule has 3 N–H and O–H groups in total. The topological polar surface area (TPSA) is 58.4 Å². The van der Waals surface area contributed by atoms with E-state index in [0.29, 0.717) is 12.6 Å². The zero-order chi connectivity index (χ0) is 13.7. The second-order valence-corrected chi connectivity index (χ2v) is 5.28. The third kappa shape index (κ3) is 4.33. The van der Waals surface area contributed by atoms with Gasteiger partial charge in [-0.05, 0) is 24.0 Å². The van der Waals surface area contributed by atoms with E-state index in [-0.39, 0.29) is 5.91 Å². The number of carbonyl (C=O) groups is 1. The van der Waals surface area contributed by atoms with Gasteiger partial charge in [-0.3, -0.25) is 9.69 Å². The molecular formula is C15H23N3O. The first-order valence-corrected chi connectivity index (χ1v) is 6.94. The van der Waals surface area contributed by atoms with Crippen molar-refractivity contribution in [1.29, 1.82) is 0 Å². The number of likely N-dealkylation sites (tertiary alicyclic amines) is 1. The number of carbonyl (C=O) groups excluding carboxylic acids is 1. The minimum atomic E-state index is 0.0779. The summed E-state index contributed by atoms with van der Waals surface area (Å²) in [6.07, 6.45) is 2.08. The molecule has 1 aromatic rings. The Hall–Kier alpha value is -1.39. The van der Waals surface area contributed by atoms with Crippen LogP contribution in [0.4, 0.5) is 0 Å². The molecule has 1 aromatic carbocycles. The highest BCUT2D eigenvalue weighted by Crippen LogP contribution is 2.14. The summed E-state index contributed by atoms with van der Waals surface area (Å²) in [6, 6.07) is 8.82. The second kappa shape index (κ2) is 6.68. The molecule has 0 aliphatic carbocycles. The molecule has 0 aromatic heterocycles. The summed E-state index contributed by atoms with van der Waals surface area (Å²) < 4.78 is 0. The fourth-order valence-electron chi connectivity index (χ4n) is 2.64. The molecule has 104 valence electrons. The van der Waals surface area contributed by atoms with Crippen molar-refractivity contribution >= 4 is 5.91 Å². The molecule has 1 aliphatic rings. The van der Waals surface area contributed by atoms with Crippen LogP contribution >= 0.6 is 0 Å². The van der Waals surface area contributed by atoms with Gasteiger partial charge in [-0.15, -0.1) is 0 Å². The van der Waals surface area contributed by atoms with E-state index >= 15 is 0 Å². The number of hydrogen-bond acceptors (Lipinski definition) is 3. The van der Waals surface area contributed by atoms with Gasteiger partial charge >= 0.3 is 0 Å². The summed E-state index contributed by atoms with van der Waals surface area (Å²) in [6.45, 7) is 5.24. The second-order valence-electron chi connectivity index (χ2n) is 5.28.